The number of ether oxygens (including phenoxy) is 1. The molecule has 0 spiro atoms. The lowest BCUT2D eigenvalue weighted by Crippen LogP contribution is -2.48. The fourth-order valence-corrected chi connectivity index (χ4v) is 3.78. The van der Waals surface area contributed by atoms with E-state index < -0.39 is 28.6 Å². The van der Waals surface area contributed by atoms with Crippen molar-refractivity contribution in [3.63, 3.8) is 0 Å². The van der Waals surface area contributed by atoms with E-state index in [4.69, 9.17) is 15.1 Å². The average Bonchev–Trinajstić information content (AvgIpc) is 2.63. The fourth-order valence-electron chi connectivity index (χ4n) is 2.54. The molecule has 3 rings (SSSR count). The Morgan fingerprint density at radius 3 is 2.60 bits per heavy atom. The molecular weight excluding hydrogens is 348 g/mol. The van der Waals surface area contributed by atoms with Crippen LogP contribution in [0.2, 0.25) is 0 Å². The first-order chi connectivity index (χ1) is 11.9. The smallest absolute Gasteiger partial charge is 0.263 e. The van der Waals surface area contributed by atoms with Crippen LogP contribution in [0, 0.1) is 0 Å². The summed E-state index contributed by atoms with van der Waals surface area (Å²) in [4.78, 5) is 11.3. The van der Waals surface area contributed by atoms with Crippen LogP contribution in [0.5, 0.6) is 11.5 Å². The van der Waals surface area contributed by atoms with Crippen LogP contribution in [0.3, 0.4) is 0 Å². The Labute approximate surface area is 144 Å². The Morgan fingerprint density at radius 2 is 1.88 bits per heavy atom. The summed E-state index contributed by atoms with van der Waals surface area (Å²) in [6.45, 7) is -0.799. The van der Waals surface area contributed by atoms with Gasteiger partial charge in [0.15, 0.2) is 0 Å². The molecule has 0 saturated heterocycles. The zero-order valence-electron chi connectivity index (χ0n) is 13.0. The lowest BCUT2D eigenvalue weighted by Gasteiger charge is -2.21. The highest BCUT2D eigenvalue weighted by Crippen LogP contribution is 2.37. The highest BCUT2D eigenvalue weighted by atomic mass is 32.2. The minimum absolute atomic E-state index is 0.0709. The largest absolute Gasteiger partial charge is 0.457 e. The third-order valence-corrected chi connectivity index (χ3v) is 5.29. The number of sulfonamides is 1. The normalized spacial score (nSPS) is 14.0. The molecule has 1 aliphatic rings. The molecule has 0 saturated carbocycles. The van der Waals surface area contributed by atoms with Crippen molar-refractivity contribution in [2.75, 3.05) is 6.61 Å². The van der Waals surface area contributed by atoms with E-state index in [0.717, 1.165) is 11.3 Å². The molecule has 1 aliphatic heterocycles. The lowest BCUT2D eigenvalue weighted by molar-refractivity contribution is -0.131. The molecule has 9 heteroatoms. The Bertz CT molecular complexity index is 913. The molecule has 8 nitrogen and oxygen atoms in total. The summed E-state index contributed by atoms with van der Waals surface area (Å²) in [5, 5.41) is 17.7. The molecule has 4 N–H and O–H groups in total. The van der Waals surface area contributed by atoms with Crippen LogP contribution in [0.4, 0.5) is 0 Å². The van der Waals surface area contributed by atoms with E-state index in [2.05, 4.69) is 0 Å². The highest BCUT2D eigenvalue weighted by molar-refractivity contribution is 7.89. The number of carbonyl (C=O) groups excluding carboxylic acids is 1. The molecule has 1 atom stereocenters. The minimum atomic E-state index is -4.08. The summed E-state index contributed by atoms with van der Waals surface area (Å²) in [5.74, 6) is 0.231. The Hall–Kier alpha value is -2.46. The molecule has 1 amide bonds. The van der Waals surface area contributed by atoms with Crippen molar-refractivity contribution in [2.45, 2.75) is 17.4 Å². The van der Waals surface area contributed by atoms with E-state index in [1.165, 1.54) is 17.6 Å². The van der Waals surface area contributed by atoms with Crippen LogP contribution in [0.25, 0.3) is 0 Å². The van der Waals surface area contributed by atoms with Gasteiger partial charge in [-0.2, -0.15) is 4.72 Å². The Morgan fingerprint density at radius 1 is 1.16 bits per heavy atom. The van der Waals surface area contributed by atoms with Crippen LogP contribution in [-0.4, -0.2) is 37.3 Å². The average molecular weight is 364 g/mol. The molecular formula is C16H16N2O6S. The zero-order valence-corrected chi connectivity index (χ0v) is 13.8. The van der Waals surface area contributed by atoms with E-state index in [9.17, 15) is 13.2 Å². The van der Waals surface area contributed by atoms with Gasteiger partial charge in [0.1, 0.15) is 17.5 Å². The van der Waals surface area contributed by atoms with Gasteiger partial charge in [-0.15, -0.1) is 0 Å². The molecule has 0 radical (unpaired) electrons. The third kappa shape index (κ3) is 3.49. The van der Waals surface area contributed by atoms with E-state index in [0.29, 0.717) is 17.7 Å². The molecule has 2 aromatic carbocycles. The predicted molar refractivity (Wildman–Crippen MR) is 86.9 cm³/mol. The van der Waals surface area contributed by atoms with Crippen molar-refractivity contribution in [1.82, 2.24) is 10.2 Å². The number of rotatable bonds is 5. The number of hydrogen-bond acceptors (Lipinski definition) is 6. The van der Waals surface area contributed by atoms with Gasteiger partial charge in [-0.25, -0.2) is 13.9 Å². The minimum Gasteiger partial charge on any atom is -0.457 e. The molecule has 0 bridgehead atoms. The molecule has 0 aromatic heterocycles. The van der Waals surface area contributed by atoms with E-state index in [1.807, 2.05) is 29.0 Å². The monoisotopic (exact) mass is 364 g/mol. The van der Waals surface area contributed by atoms with Crippen LogP contribution < -0.4 is 14.9 Å². The number of para-hydroxylation sites is 1. The first-order valence-electron chi connectivity index (χ1n) is 7.40. The van der Waals surface area contributed by atoms with Gasteiger partial charge in [-0.3, -0.25) is 10.0 Å². The molecule has 2 aromatic rings. The number of fused-ring (bicyclic) bond motifs is 2. The summed E-state index contributed by atoms with van der Waals surface area (Å²) in [6, 6.07) is 10.3. The second kappa shape index (κ2) is 6.81. The van der Waals surface area contributed by atoms with Crippen LogP contribution in [0.15, 0.2) is 47.4 Å². The van der Waals surface area contributed by atoms with Crippen molar-refractivity contribution in [2.24, 2.45) is 0 Å². The fraction of sp³-hybridized carbons (Fsp3) is 0.188. The topological polar surface area (TPSA) is 125 Å². The van der Waals surface area contributed by atoms with E-state index in [-0.39, 0.29) is 4.90 Å². The second-order valence-corrected chi connectivity index (χ2v) is 7.20. The molecule has 1 unspecified atom stereocenters. The van der Waals surface area contributed by atoms with Crippen LogP contribution >= 0.6 is 0 Å². The number of hydrogen-bond donors (Lipinski definition) is 4. The van der Waals surface area contributed by atoms with Gasteiger partial charge in [0.05, 0.1) is 11.5 Å². The summed E-state index contributed by atoms with van der Waals surface area (Å²) >= 11 is 0. The van der Waals surface area contributed by atoms with E-state index in [1.54, 1.807) is 6.07 Å². The standard InChI is InChI=1S/C16H16N2O6S/c19-9-13(16(20)17-21)18-25(22,23)12-5-6-15-11(8-12)7-10-3-1-2-4-14(10)24-15/h1-6,8,13,18-19,21H,7,9H2,(H,17,20). The quantitative estimate of drug-likeness (QED) is 0.387. The Balaban J connectivity index is 1.88. The number of nitrogens with one attached hydrogen (secondary N) is 2. The van der Waals surface area contributed by atoms with Crippen molar-refractivity contribution < 1.29 is 28.3 Å². The number of hydroxylamine groups is 1. The van der Waals surface area contributed by atoms with Crippen LogP contribution in [0.1, 0.15) is 11.1 Å². The molecule has 1 heterocycles. The van der Waals surface area contributed by atoms with Crippen LogP contribution in [-0.2, 0) is 21.2 Å². The second-order valence-electron chi connectivity index (χ2n) is 5.49. The van der Waals surface area contributed by atoms with Crippen molar-refractivity contribution in [1.29, 1.82) is 0 Å². The maximum Gasteiger partial charge on any atom is 0.263 e. The predicted octanol–water partition coefficient (Wildman–Crippen LogP) is 0.528. The summed E-state index contributed by atoms with van der Waals surface area (Å²) in [5.41, 5.74) is 2.93. The van der Waals surface area contributed by atoms with Crippen molar-refractivity contribution in [3.8, 4) is 11.5 Å². The molecule has 132 valence electrons. The van der Waals surface area contributed by atoms with Gasteiger partial charge in [0.2, 0.25) is 10.0 Å². The summed E-state index contributed by atoms with van der Waals surface area (Å²) in [7, 11) is -4.08. The SMILES string of the molecule is O=C(NO)C(CO)NS(=O)(=O)c1ccc2c(c1)Cc1ccccc1O2. The van der Waals surface area contributed by atoms with E-state index >= 15 is 0 Å². The number of carbonyl (C=O) groups is 1. The Kier molecular flexibility index (Phi) is 4.73. The van der Waals surface area contributed by atoms with Crippen molar-refractivity contribution >= 4 is 15.9 Å². The third-order valence-electron chi connectivity index (χ3n) is 3.82. The molecule has 25 heavy (non-hydrogen) atoms. The summed E-state index contributed by atoms with van der Waals surface area (Å²) < 4.78 is 32.7. The van der Waals surface area contributed by atoms with Gasteiger partial charge in [0.25, 0.3) is 5.91 Å². The van der Waals surface area contributed by atoms with Gasteiger partial charge in [-0.1, -0.05) is 18.2 Å². The van der Waals surface area contributed by atoms with Gasteiger partial charge in [0, 0.05) is 12.0 Å². The number of amides is 1. The number of aliphatic hydroxyl groups is 1. The zero-order chi connectivity index (χ0) is 18.0. The maximum absolute atomic E-state index is 12.4. The first kappa shape index (κ1) is 17.4. The number of benzene rings is 2. The first-order valence-corrected chi connectivity index (χ1v) is 8.89. The number of aliphatic hydroxyl groups excluding tert-OH is 1. The van der Waals surface area contributed by atoms with Gasteiger partial charge in [-0.05, 0) is 29.8 Å². The van der Waals surface area contributed by atoms with Crippen molar-refractivity contribution in [3.05, 3.63) is 53.6 Å². The molecule has 0 fully saturated rings. The van der Waals surface area contributed by atoms with Gasteiger partial charge < -0.3 is 9.84 Å². The summed E-state index contributed by atoms with van der Waals surface area (Å²) in [6.07, 6.45) is 0.509. The maximum atomic E-state index is 12.4. The highest BCUT2D eigenvalue weighted by Gasteiger charge is 2.26. The lowest BCUT2D eigenvalue weighted by atomic mass is 10.0. The molecule has 0 aliphatic carbocycles. The van der Waals surface area contributed by atoms with Gasteiger partial charge >= 0.3 is 0 Å².